The number of hydrogen-bond donors (Lipinski definition) is 1. The van der Waals surface area contributed by atoms with Crippen LogP contribution in [0.4, 0.5) is 5.82 Å². The van der Waals surface area contributed by atoms with Gasteiger partial charge in [0.25, 0.3) is 5.91 Å². The van der Waals surface area contributed by atoms with Gasteiger partial charge in [0.2, 0.25) is 0 Å². The van der Waals surface area contributed by atoms with Crippen molar-refractivity contribution in [2.24, 2.45) is 0 Å². The molecule has 0 radical (unpaired) electrons. The van der Waals surface area contributed by atoms with Gasteiger partial charge in [0.05, 0.1) is 5.56 Å². The van der Waals surface area contributed by atoms with E-state index in [2.05, 4.69) is 39.5 Å². The maximum atomic E-state index is 11.7. The Labute approximate surface area is 124 Å². The molecule has 108 valence electrons. The van der Waals surface area contributed by atoms with Gasteiger partial charge in [-0.25, -0.2) is 4.98 Å². The average Bonchev–Trinajstić information content (AvgIpc) is 2.55. The van der Waals surface area contributed by atoms with Crippen molar-refractivity contribution >= 4 is 11.7 Å². The first-order chi connectivity index (χ1) is 10.3. The van der Waals surface area contributed by atoms with Crippen LogP contribution in [0, 0.1) is 0 Å². The lowest BCUT2D eigenvalue weighted by Gasteiger charge is -2.29. The zero-order valence-corrected chi connectivity index (χ0v) is 12.2. The zero-order valence-electron chi connectivity index (χ0n) is 12.2. The maximum absolute atomic E-state index is 11.7. The average molecular weight is 281 g/mol. The summed E-state index contributed by atoms with van der Waals surface area (Å²) in [7, 11) is 0. The molecule has 0 atom stereocenters. The van der Waals surface area contributed by atoms with Gasteiger partial charge in [-0.3, -0.25) is 4.79 Å². The van der Waals surface area contributed by atoms with Crippen molar-refractivity contribution in [2.45, 2.75) is 19.9 Å². The third-order valence-corrected chi connectivity index (χ3v) is 3.80. The molecule has 3 rings (SSSR count). The van der Waals surface area contributed by atoms with Crippen LogP contribution >= 0.6 is 0 Å². The first-order valence-electron chi connectivity index (χ1n) is 7.34. The quantitative estimate of drug-likeness (QED) is 0.939. The second kappa shape index (κ2) is 5.95. The molecule has 21 heavy (non-hydrogen) atoms. The monoisotopic (exact) mass is 281 g/mol. The van der Waals surface area contributed by atoms with E-state index in [1.54, 1.807) is 6.20 Å². The topological polar surface area (TPSA) is 45.2 Å². The number of carbonyl (C=O) groups is 1. The Morgan fingerprint density at radius 3 is 2.76 bits per heavy atom. The lowest BCUT2D eigenvalue weighted by molar-refractivity contribution is 0.0955. The number of benzene rings is 1. The molecule has 0 bridgehead atoms. The van der Waals surface area contributed by atoms with Crippen LogP contribution in [0.1, 0.15) is 28.4 Å². The molecule has 2 heterocycles. The van der Waals surface area contributed by atoms with Crippen LogP contribution < -0.4 is 10.2 Å². The first-order valence-corrected chi connectivity index (χ1v) is 7.34. The fourth-order valence-electron chi connectivity index (χ4n) is 2.66. The van der Waals surface area contributed by atoms with E-state index in [1.165, 1.54) is 11.1 Å². The molecule has 0 unspecified atom stereocenters. The molecule has 2 aromatic rings. The van der Waals surface area contributed by atoms with Crippen molar-refractivity contribution in [3.05, 3.63) is 59.3 Å². The van der Waals surface area contributed by atoms with Gasteiger partial charge in [-0.05, 0) is 36.6 Å². The standard InChI is InChI=1S/C17H19N3O/c1-2-18-17(21)14-7-8-16(19-11-14)20-10-9-13-5-3-4-6-15(13)12-20/h3-8,11H,2,9-10,12H2,1H3,(H,18,21). The molecule has 4 nitrogen and oxygen atoms in total. The second-order valence-corrected chi connectivity index (χ2v) is 5.20. The summed E-state index contributed by atoms with van der Waals surface area (Å²) in [5.41, 5.74) is 3.39. The van der Waals surface area contributed by atoms with Crippen LogP contribution in [-0.2, 0) is 13.0 Å². The number of carbonyl (C=O) groups excluding carboxylic acids is 1. The Hall–Kier alpha value is -2.36. The van der Waals surface area contributed by atoms with Crippen molar-refractivity contribution in [2.75, 3.05) is 18.0 Å². The molecule has 1 aliphatic heterocycles. The van der Waals surface area contributed by atoms with E-state index in [9.17, 15) is 4.79 Å². The van der Waals surface area contributed by atoms with Crippen molar-refractivity contribution in [1.82, 2.24) is 10.3 Å². The fraction of sp³-hybridized carbons (Fsp3) is 0.294. The molecule has 0 aliphatic carbocycles. The van der Waals surface area contributed by atoms with Gasteiger partial charge in [0.1, 0.15) is 5.82 Å². The summed E-state index contributed by atoms with van der Waals surface area (Å²) in [5, 5.41) is 2.78. The highest BCUT2D eigenvalue weighted by Crippen LogP contribution is 2.22. The molecule has 1 N–H and O–H groups in total. The fourth-order valence-corrected chi connectivity index (χ4v) is 2.66. The van der Waals surface area contributed by atoms with Crippen LogP contribution in [0.15, 0.2) is 42.6 Å². The maximum Gasteiger partial charge on any atom is 0.252 e. The minimum absolute atomic E-state index is 0.0689. The van der Waals surface area contributed by atoms with Crippen LogP contribution in [0.5, 0.6) is 0 Å². The Balaban J connectivity index is 1.75. The summed E-state index contributed by atoms with van der Waals surface area (Å²) >= 11 is 0. The summed E-state index contributed by atoms with van der Waals surface area (Å²) in [6.07, 6.45) is 2.69. The van der Waals surface area contributed by atoms with Gasteiger partial charge in [-0.1, -0.05) is 24.3 Å². The van der Waals surface area contributed by atoms with Crippen molar-refractivity contribution < 1.29 is 4.79 Å². The van der Waals surface area contributed by atoms with Crippen LogP contribution in [0.3, 0.4) is 0 Å². The summed E-state index contributed by atoms with van der Waals surface area (Å²) in [4.78, 5) is 18.4. The highest BCUT2D eigenvalue weighted by atomic mass is 16.1. The zero-order chi connectivity index (χ0) is 14.7. The predicted octanol–water partition coefficient (Wildman–Crippen LogP) is 2.39. The third kappa shape index (κ3) is 2.89. The summed E-state index contributed by atoms with van der Waals surface area (Å²) < 4.78 is 0. The molecule has 0 fully saturated rings. The van der Waals surface area contributed by atoms with E-state index in [4.69, 9.17) is 0 Å². The largest absolute Gasteiger partial charge is 0.352 e. The SMILES string of the molecule is CCNC(=O)c1ccc(N2CCc3ccccc3C2)nc1. The van der Waals surface area contributed by atoms with Gasteiger partial charge < -0.3 is 10.2 Å². The minimum atomic E-state index is -0.0689. The predicted molar refractivity (Wildman–Crippen MR) is 83.4 cm³/mol. The highest BCUT2D eigenvalue weighted by molar-refractivity contribution is 5.94. The van der Waals surface area contributed by atoms with Crippen LogP contribution in [-0.4, -0.2) is 24.0 Å². The number of pyridine rings is 1. The van der Waals surface area contributed by atoms with E-state index in [0.29, 0.717) is 12.1 Å². The van der Waals surface area contributed by atoms with Gasteiger partial charge in [0, 0.05) is 25.8 Å². The molecule has 1 aromatic heterocycles. The van der Waals surface area contributed by atoms with Crippen molar-refractivity contribution in [1.29, 1.82) is 0 Å². The minimum Gasteiger partial charge on any atom is -0.352 e. The number of nitrogens with zero attached hydrogens (tertiary/aromatic N) is 2. The van der Waals surface area contributed by atoms with Gasteiger partial charge in [-0.15, -0.1) is 0 Å². The van der Waals surface area contributed by atoms with Gasteiger partial charge in [-0.2, -0.15) is 0 Å². The molecule has 4 heteroatoms. The van der Waals surface area contributed by atoms with Gasteiger partial charge in [0.15, 0.2) is 0 Å². The molecule has 1 aliphatic rings. The molecule has 0 saturated carbocycles. The molecule has 0 saturated heterocycles. The molecular formula is C17H19N3O. The van der Waals surface area contributed by atoms with E-state index < -0.39 is 0 Å². The van der Waals surface area contributed by atoms with E-state index in [1.807, 2.05) is 19.1 Å². The number of nitrogens with one attached hydrogen (secondary N) is 1. The number of fused-ring (bicyclic) bond motifs is 1. The van der Waals surface area contributed by atoms with E-state index in [-0.39, 0.29) is 5.91 Å². The normalized spacial score (nSPS) is 13.7. The number of hydrogen-bond acceptors (Lipinski definition) is 3. The van der Waals surface area contributed by atoms with Crippen molar-refractivity contribution in [3.63, 3.8) is 0 Å². The van der Waals surface area contributed by atoms with Crippen LogP contribution in [0.2, 0.25) is 0 Å². The lowest BCUT2D eigenvalue weighted by atomic mass is 10.00. The molecule has 1 amide bonds. The Morgan fingerprint density at radius 1 is 1.24 bits per heavy atom. The molecule has 1 aromatic carbocycles. The number of rotatable bonds is 3. The number of amides is 1. The first kappa shape index (κ1) is 13.6. The summed E-state index contributed by atoms with van der Waals surface area (Å²) in [6, 6.07) is 12.3. The molecule has 0 spiro atoms. The Bertz CT molecular complexity index is 637. The second-order valence-electron chi connectivity index (χ2n) is 5.20. The van der Waals surface area contributed by atoms with Crippen LogP contribution in [0.25, 0.3) is 0 Å². The Morgan fingerprint density at radius 2 is 2.05 bits per heavy atom. The number of anilines is 1. The highest BCUT2D eigenvalue weighted by Gasteiger charge is 2.17. The van der Waals surface area contributed by atoms with Crippen molar-refractivity contribution in [3.8, 4) is 0 Å². The number of aromatic nitrogens is 1. The van der Waals surface area contributed by atoms with Gasteiger partial charge >= 0.3 is 0 Å². The third-order valence-electron chi connectivity index (χ3n) is 3.80. The van der Waals surface area contributed by atoms with E-state index >= 15 is 0 Å². The summed E-state index contributed by atoms with van der Waals surface area (Å²) in [5.74, 6) is 0.859. The van der Waals surface area contributed by atoms with E-state index in [0.717, 1.165) is 25.3 Å². The smallest absolute Gasteiger partial charge is 0.252 e. The lowest BCUT2D eigenvalue weighted by Crippen LogP contribution is -2.31. The summed E-state index contributed by atoms with van der Waals surface area (Å²) in [6.45, 7) is 4.38. The molecular weight excluding hydrogens is 262 g/mol. The Kier molecular flexibility index (Phi) is 3.86.